The molecule has 19 heavy (non-hydrogen) atoms. The summed E-state index contributed by atoms with van der Waals surface area (Å²) < 4.78 is 1.51. The number of nitrogens with one attached hydrogen (secondary N) is 1. The first-order valence-electron chi connectivity index (χ1n) is 5.96. The molecule has 0 bridgehead atoms. The van der Waals surface area contributed by atoms with Crippen molar-refractivity contribution in [2.75, 3.05) is 12.8 Å². The van der Waals surface area contributed by atoms with Gasteiger partial charge >= 0.3 is 0 Å². The minimum Gasteiger partial charge on any atom is -0.350 e. The van der Waals surface area contributed by atoms with Crippen LogP contribution >= 0.6 is 11.8 Å². The molecule has 0 saturated heterocycles. The van der Waals surface area contributed by atoms with Gasteiger partial charge in [-0.15, -0.1) is 16.9 Å². The Morgan fingerprint density at radius 3 is 2.68 bits per heavy atom. The topological polar surface area (TPSA) is 59.8 Å². The molecule has 1 aromatic carbocycles. The minimum atomic E-state index is -0.186. The number of benzene rings is 1. The number of carbonyl (C=O) groups excluding carboxylic acids is 1. The lowest BCUT2D eigenvalue weighted by Crippen LogP contribution is -2.26. The van der Waals surface area contributed by atoms with Crippen LogP contribution in [0.2, 0.25) is 0 Å². The Labute approximate surface area is 116 Å². The molecule has 0 radical (unpaired) electrons. The molecule has 0 atom stereocenters. The van der Waals surface area contributed by atoms with E-state index in [0.29, 0.717) is 12.2 Å². The fourth-order valence-electron chi connectivity index (χ4n) is 1.65. The molecule has 1 heterocycles. The second-order valence-electron chi connectivity index (χ2n) is 4.13. The molecule has 0 aliphatic carbocycles. The van der Waals surface area contributed by atoms with E-state index in [2.05, 4.69) is 46.2 Å². The highest BCUT2D eigenvalue weighted by atomic mass is 32.2. The largest absolute Gasteiger partial charge is 0.350 e. The van der Waals surface area contributed by atoms with Crippen molar-refractivity contribution in [1.29, 1.82) is 0 Å². The van der Waals surface area contributed by atoms with E-state index >= 15 is 0 Å². The van der Waals surface area contributed by atoms with Crippen molar-refractivity contribution in [3.05, 3.63) is 41.7 Å². The molecular formula is C13H16N4OS. The van der Waals surface area contributed by atoms with Gasteiger partial charge in [-0.1, -0.05) is 17.3 Å². The van der Waals surface area contributed by atoms with Crippen molar-refractivity contribution in [3.8, 4) is 0 Å². The number of hydrogen-bond donors (Lipinski definition) is 1. The third kappa shape index (κ3) is 3.82. The number of rotatable bonds is 5. The minimum absolute atomic E-state index is 0.186. The van der Waals surface area contributed by atoms with Crippen LogP contribution < -0.4 is 5.32 Å². The first kappa shape index (κ1) is 13.6. The second kappa shape index (κ2) is 6.38. The van der Waals surface area contributed by atoms with Crippen LogP contribution in [0.3, 0.4) is 0 Å². The first-order chi connectivity index (χ1) is 9.19. The van der Waals surface area contributed by atoms with E-state index in [0.717, 1.165) is 6.42 Å². The van der Waals surface area contributed by atoms with Crippen LogP contribution in [-0.2, 0) is 13.5 Å². The van der Waals surface area contributed by atoms with E-state index in [-0.39, 0.29) is 5.91 Å². The lowest BCUT2D eigenvalue weighted by atomic mass is 10.1. The van der Waals surface area contributed by atoms with Gasteiger partial charge in [-0.25, -0.2) is 0 Å². The zero-order valence-corrected chi connectivity index (χ0v) is 11.8. The molecule has 2 rings (SSSR count). The summed E-state index contributed by atoms with van der Waals surface area (Å²) in [5.41, 5.74) is 1.55. The van der Waals surface area contributed by atoms with E-state index in [9.17, 15) is 4.79 Å². The molecule has 0 fully saturated rings. The zero-order valence-electron chi connectivity index (χ0n) is 11.0. The van der Waals surface area contributed by atoms with Crippen LogP contribution in [-0.4, -0.2) is 33.7 Å². The Morgan fingerprint density at radius 1 is 1.37 bits per heavy atom. The number of carbonyl (C=O) groups is 1. The highest BCUT2D eigenvalue weighted by Gasteiger charge is 2.08. The van der Waals surface area contributed by atoms with Gasteiger partial charge in [0.25, 0.3) is 5.91 Å². The third-order valence-corrected chi connectivity index (χ3v) is 3.44. The number of thioether (sulfide) groups is 1. The van der Waals surface area contributed by atoms with Gasteiger partial charge in [-0.2, -0.15) is 0 Å². The number of hydrogen-bond acceptors (Lipinski definition) is 4. The van der Waals surface area contributed by atoms with Crippen molar-refractivity contribution in [3.63, 3.8) is 0 Å². The smallest absolute Gasteiger partial charge is 0.273 e. The second-order valence-corrected chi connectivity index (χ2v) is 5.01. The summed E-state index contributed by atoms with van der Waals surface area (Å²) in [5.74, 6) is -0.186. The number of aromatic nitrogens is 3. The van der Waals surface area contributed by atoms with E-state index in [1.807, 2.05) is 0 Å². The summed E-state index contributed by atoms with van der Waals surface area (Å²) in [4.78, 5) is 13.0. The van der Waals surface area contributed by atoms with Gasteiger partial charge in [-0.05, 0) is 30.4 Å². The lowest BCUT2D eigenvalue weighted by molar-refractivity contribution is 0.0949. The van der Waals surface area contributed by atoms with Crippen molar-refractivity contribution in [1.82, 2.24) is 20.3 Å². The molecule has 1 N–H and O–H groups in total. The molecule has 0 aliphatic rings. The SMILES string of the molecule is CSc1ccc(CCNC(=O)c2cn(C)nn2)cc1. The average molecular weight is 276 g/mol. The van der Waals surface area contributed by atoms with Crippen LogP contribution in [0.5, 0.6) is 0 Å². The maximum atomic E-state index is 11.7. The van der Waals surface area contributed by atoms with E-state index in [4.69, 9.17) is 0 Å². The normalized spacial score (nSPS) is 10.4. The molecule has 0 spiro atoms. The molecular weight excluding hydrogens is 260 g/mol. The van der Waals surface area contributed by atoms with Gasteiger partial charge in [-0.3, -0.25) is 9.48 Å². The van der Waals surface area contributed by atoms with Gasteiger partial charge in [0.2, 0.25) is 0 Å². The average Bonchev–Trinajstić information content (AvgIpc) is 2.86. The molecule has 100 valence electrons. The van der Waals surface area contributed by atoms with E-state index in [1.54, 1.807) is 25.0 Å². The quantitative estimate of drug-likeness (QED) is 0.841. The summed E-state index contributed by atoms with van der Waals surface area (Å²) in [6, 6.07) is 8.34. The Kier molecular flexibility index (Phi) is 4.57. The molecule has 6 heteroatoms. The standard InChI is InChI=1S/C13H16N4OS/c1-17-9-12(15-16-17)13(18)14-8-7-10-3-5-11(19-2)6-4-10/h3-6,9H,7-8H2,1-2H3,(H,14,18). The van der Waals surface area contributed by atoms with Gasteiger partial charge in [0.1, 0.15) is 0 Å². The summed E-state index contributed by atoms with van der Waals surface area (Å²) in [5, 5.41) is 10.3. The molecule has 2 aromatic rings. The first-order valence-corrected chi connectivity index (χ1v) is 7.19. The maximum Gasteiger partial charge on any atom is 0.273 e. The van der Waals surface area contributed by atoms with Crippen molar-refractivity contribution < 1.29 is 4.79 Å². The van der Waals surface area contributed by atoms with Crippen LogP contribution in [0, 0.1) is 0 Å². The molecule has 0 saturated carbocycles. The van der Waals surface area contributed by atoms with Crippen LogP contribution in [0.15, 0.2) is 35.4 Å². The highest BCUT2D eigenvalue weighted by molar-refractivity contribution is 7.98. The van der Waals surface area contributed by atoms with Crippen molar-refractivity contribution in [2.45, 2.75) is 11.3 Å². The predicted molar refractivity (Wildman–Crippen MR) is 75.3 cm³/mol. The molecule has 1 amide bonds. The Morgan fingerprint density at radius 2 is 2.11 bits per heavy atom. The lowest BCUT2D eigenvalue weighted by Gasteiger charge is -2.04. The van der Waals surface area contributed by atoms with Crippen LogP contribution in [0.4, 0.5) is 0 Å². The van der Waals surface area contributed by atoms with Crippen molar-refractivity contribution >= 4 is 17.7 Å². The molecule has 0 aliphatic heterocycles. The predicted octanol–water partition coefficient (Wildman–Crippen LogP) is 1.51. The fraction of sp³-hybridized carbons (Fsp3) is 0.308. The van der Waals surface area contributed by atoms with Crippen LogP contribution in [0.1, 0.15) is 16.1 Å². The summed E-state index contributed by atoms with van der Waals surface area (Å²) in [6.07, 6.45) is 4.46. The summed E-state index contributed by atoms with van der Waals surface area (Å²) >= 11 is 1.72. The zero-order chi connectivity index (χ0) is 13.7. The van der Waals surface area contributed by atoms with Gasteiger partial charge in [0, 0.05) is 18.5 Å². The van der Waals surface area contributed by atoms with E-state index in [1.165, 1.54) is 15.1 Å². The Bertz CT molecular complexity index is 550. The summed E-state index contributed by atoms with van der Waals surface area (Å²) in [7, 11) is 1.73. The number of amides is 1. The summed E-state index contributed by atoms with van der Waals surface area (Å²) in [6.45, 7) is 0.591. The Balaban J connectivity index is 1.81. The van der Waals surface area contributed by atoms with Gasteiger partial charge in [0.15, 0.2) is 5.69 Å². The third-order valence-electron chi connectivity index (χ3n) is 2.69. The molecule has 5 nitrogen and oxygen atoms in total. The monoisotopic (exact) mass is 276 g/mol. The van der Waals surface area contributed by atoms with E-state index < -0.39 is 0 Å². The Hall–Kier alpha value is -1.82. The number of aryl methyl sites for hydroxylation is 1. The van der Waals surface area contributed by atoms with Crippen molar-refractivity contribution in [2.24, 2.45) is 7.05 Å². The number of nitrogens with zero attached hydrogens (tertiary/aromatic N) is 3. The molecule has 0 unspecified atom stereocenters. The highest BCUT2D eigenvalue weighted by Crippen LogP contribution is 2.14. The maximum absolute atomic E-state index is 11.7. The fourth-order valence-corrected chi connectivity index (χ4v) is 2.06. The van der Waals surface area contributed by atoms with Gasteiger partial charge in [0.05, 0.1) is 6.20 Å². The van der Waals surface area contributed by atoms with Crippen LogP contribution in [0.25, 0.3) is 0 Å². The van der Waals surface area contributed by atoms with Gasteiger partial charge < -0.3 is 5.32 Å². The molecule has 1 aromatic heterocycles.